The first-order valence-electron chi connectivity index (χ1n) is 8.50. The fourth-order valence-corrected chi connectivity index (χ4v) is 3.45. The minimum atomic E-state index is -0.327. The molecule has 1 aliphatic heterocycles. The van der Waals surface area contributed by atoms with E-state index in [9.17, 15) is 14.0 Å². The maximum Gasteiger partial charge on any atom is 0.258 e. The minimum absolute atomic E-state index is 0.0112. The number of carbonyl (C=O) groups is 2. The zero-order valence-corrected chi connectivity index (χ0v) is 14.3. The highest BCUT2D eigenvalue weighted by atomic mass is 19.1. The molecule has 5 heteroatoms. The van der Waals surface area contributed by atoms with E-state index >= 15 is 0 Å². The number of benzene rings is 3. The number of nitrogens with one attached hydrogen (secondary N) is 1. The number of carbonyl (C=O) groups excluding carboxylic acids is 2. The lowest BCUT2D eigenvalue weighted by Crippen LogP contribution is -2.25. The van der Waals surface area contributed by atoms with E-state index < -0.39 is 0 Å². The maximum atomic E-state index is 13.0. The summed E-state index contributed by atoms with van der Waals surface area (Å²) in [6.07, 6.45) is 0.156. The fraction of sp³-hybridized carbons (Fsp3) is 0.143. The predicted octanol–water partition coefficient (Wildman–Crippen LogP) is 4.14. The van der Waals surface area contributed by atoms with Gasteiger partial charge in [0.25, 0.3) is 5.91 Å². The summed E-state index contributed by atoms with van der Waals surface area (Å²) in [6, 6.07) is 15.1. The smallest absolute Gasteiger partial charge is 0.258 e. The van der Waals surface area contributed by atoms with Gasteiger partial charge in [-0.15, -0.1) is 0 Å². The molecule has 1 heterocycles. The Hall–Kier alpha value is -3.21. The van der Waals surface area contributed by atoms with Crippen LogP contribution in [0, 0.1) is 5.82 Å². The highest BCUT2D eigenvalue weighted by molar-refractivity contribution is 6.27. The van der Waals surface area contributed by atoms with Crippen LogP contribution in [-0.4, -0.2) is 18.4 Å². The van der Waals surface area contributed by atoms with Gasteiger partial charge in [0.2, 0.25) is 5.91 Å². The van der Waals surface area contributed by atoms with E-state index in [-0.39, 0.29) is 24.1 Å². The molecule has 0 spiro atoms. The maximum absolute atomic E-state index is 13.0. The van der Waals surface area contributed by atoms with Crippen LogP contribution in [0.4, 0.5) is 15.8 Å². The Morgan fingerprint density at radius 2 is 1.85 bits per heavy atom. The molecule has 3 aromatic carbocycles. The van der Waals surface area contributed by atoms with Crippen molar-refractivity contribution in [3.8, 4) is 0 Å². The van der Waals surface area contributed by atoms with Crippen LogP contribution < -0.4 is 10.2 Å². The topological polar surface area (TPSA) is 49.4 Å². The van der Waals surface area contributed by atoms with E-state index in [1.165, 1.54) is 12.1 Å². The van der Waals surface area contributed by atoms with Crippen molar-refractivity contribution in [3.63, 3.8) is 0 Å². The first-order chi connectivity index (χ1) is 12.6. The summed E-state index contributed by atoms with van der Waals surface area (Å²) in [6.45, 7) is 2.53. The minimum Gasteiger partial charge on any atom is -0.325 e. The van der Waals surface area contributed by atoms with Crippen LogP contribution in [0.2, 0.25) is 0 Å². The molecule has 4 nitrogen and oxygen atoms in total. The Balaban J connectivity index is 1.66. The summed E-state index contributed by atoms with van der Waals surface area (Å²) in [5.41, 5.74) is 2.94. The number of hydrogen-bond donors (Lipinski definition) is 1. The van der Waals surface area contributed by atoms with Crippen LogP contribution in [-0.2, 0) is 11.2 Å². The summed E-state index contributed by atoms with van der Waals surface area (Å²) in [5.74, 6) is -0.524. The SMILES string of the molecule is CCN1C(=O)c2cccc3c(NC(=O)Cc4ccc(F)cc4)ccc1c23. The molecule has 0 unspecified atom stereocenters. The number of amides is 2. The molecule has 3 aromatic rings. The molecule has 26 heavy (non-hydrogen) atoms. The van der Waals surface area contributed by atoms with E-state index in [1.54, 1.807) is 17.0 Å². The van der Waals surface area contributed by atoms with Gasteiger partial charge in [0.1, 0.15) is 5.82 Å². The fourth-order valence-electron chi connectivity index (χ4n) is 3.45. The van der Waals surface area contributed by atoms with E-state index in [2.05, 4.69) is 5.32 Å². The van der Waals surface area contributed by atoms with Gasteiger partial charge >= 0.3 is 0 Å². The van der Waals surface area contributed by atoms with Gasteiger partial charge in [-0.25, -0.2) is 4.39 Å². The normalized spacial score (nSPS) is 12.7. The van der Waals surface area contributed by atoms with Gasteiger partial charge in [-0.2, -0.15) is 0 Å². The molecule has 0 fully saturated rings. The number of nitrogens with zero attached hydrogens (tertiary/aromatic N) is 1. The van der Waals surface area contributed by atoms with Crippen molar-refractivity contribution in [2.45, 2.75) is 13.3 Å². The molecule has 0 radical (unpaired) electrons. The third kappa shape index (κ3) is 2.62. The van der Waals surface area contributed by atoms with E-state index in [0.29, 0.717) is 17.8 Å². The molecule has 1 aliphatic rings. The molecule has 0 aliphatic carbocycles. The highest BCUT2D eigenvalue weighted by Crippen LogP contribution is 2.40. The number of rotatable bonds is 4. The third-order valence-corrected chi connectivity index (χ3v) is 4.65. The Morgan fingerprint density at radius 3 is 2.58 bits per heavy atom. The van der Waals surface area contributed by atoms with Gasteiger partial charge < -0.3 is 10.2 Å². The number of halogens is 1. The molecule has 130 valence electrons. The monoisotopic (exact) mass is 348 g/mol. The summed E-state index contributed by atoms with van der Waals surface area (Å²) in [7, 11) is 0. The summed E-state index contributed by atoms with van der Waals surface area (Å²) < 4.78 is 13.0. The largest absolute Gasteiger partial charge is 0.325 e. The van der Waals surface area contributed by atoms with Gasteiger partial charge in [0, 0.05) is 28.6 Å². The highest BCUT2D eigenvalue weighted by Gasteiger charge is 2.29. The molecule has 2 amide bonds. The van der Waals surface area contributed by atoms with Gasteiger partial charge in [-0.1, -0.05) is 24.3 Å². The lowest BCUT2D eigenvalue weighted by atomic mass is 10.0. The van der Waals surface area contributed by atoms with Crippen molar-refractivity contribution in [2.75, 3.05) is 16.8 Å². The summed E-state index contributed by atoms with van der Waals surface area (Å²) in [4.78, 5) is 26.7. The molecular formula is C21H17FN2O2. The Labute approximate surface area is 150 Å². The van der Waals surface area contributed by atoms with Crippen LogP contribution in [0.15, 0.2) is 54.6 Å². The lowest BCUT2D eigenvalue weighted by molar-refractivity contribution is -0.115. The van der Waals surface area contributed by atoms with E-state index in [0.717, 1.165) is 22.0 Å². The Morgan fingerprint density at radius 1 is 1.08 bits per heavy atom. The zero-order valence-electron chi connectivity index (χ0n) is 14.3. The molecule has 4 rings (SSSR count). The second kappa shape index (κ2) is 6.26. The first kappa shape index (κ1) is 16.3. The standard InChI is InChI=1S/C21H17FN2O2/c1-2-24-18-11-10-17(15-4-3-5-16(20(15)18)21(24)26)23-19(25)12-13-6-8-14(22)9-7-13/h3-11H,2,12H2,1H3,(H,23,25). The Kier molecular flexibility index (Phi) is 3.92. The van der Waals surface area contributed by atoms with Crippen LogP contribution in [0.1, 0.15) is 22.8 Å². The van der Waals surface area contributed by atoms with Crippen molar-refractivity contribution in [1.29, 1.82) is 0 Å². The van der Waals surface area contributed by atoms with Crippen molar-refractivity contribution < 1.29 is 14.0 Å². The van der Waals surface area contributed by atoms with Crippen molar-refractivity contribution in [3.05, 3.63) is 71.5 Å². The molecule has 0 bridgehead atoms. The summed E-state index contributed by atoms with van der Waals surface area (Å²) in [5, 5.41) is 4.63. The molecule has 1 N–H and O–H groups in total. The van der Waals surface area contributed by atoms with Gasteiger partial charge in [-0.3, -0.25) is 9.59 Å². The quantitative estimate of drug-likeness (QED) is 0.770. The molecule has 0 atom stereocenters. The number of anilines is 2. The second-order valence-electron chi connectivity index (χ2n) is 6.26. The zero-order chi connectivity index (χ0) is 18.3. The molecule has 0 saturated carbocycles. The Bertz CT molecular complexity index is 1030. The van der Waals surface area contributed by atoms with Gasteiger partial charge in [0.15, 0.2) is 0 Å². The van der Waals surface area contributed by atoms with Crippen LogP contribution in [0.25, 0.3) is 10.8 Å². The van der Waals surface area contributed by atoms with Crippen LogP contribution in [0.3, 0.4) is 0 Å². The van der Waals surface area contributed by atoms with E-state index in [4.69, 9.17) is 0 Å². The van der Waals surface area contributed by atoms with Crippen molar-refractivity contribution in [1.82, 2.24) is 0 Å². The van der Waals surface area contributed by atoms with E-state index in [1.807, 2.05) is 37.3 Å². The number of hydrogen-bond acceptors (Lipinski definition) is 2. The van der Waals surface area contributed by atoms with Crippen LogP contribution >= 0.6 is 0 Å². The average molecular weight is 348 g/mol. The summed E-state index contributed by atoms with van der Waals surface area (Å²) >= 11 is 0. The molecular weight excluding hydrogens is 331 g/mol. The first-order valence-corrected chi connectivity index (χ1v) is 8.50. The third-order valence-electron chi connectivity index (χ3n) is 4.65. The lowest BCUT2D eigenvalue weighted by Gasteiger charge is -2.15. The molecule has 0 aromatic heterocycles. The van der Waals surface area contributed by atoms with Gasteiger partial charge in [0.05, 0.1) is 12.1 Å². The van der Waals surface area contributed by atoms with Crippen molar-refractivity contribution >= 4 is 34.0 Å². The average Bonchev–Trinajstić information content (AvgIpc) is 2.92. The van der Waals surface area contributed by atoms with Gasteiger partial charge in [-0.05, 0) is 42.8 Å². The second-order valence-corrected chi connectivity index (χ2v) is 6.26. The molecule has 0 saturated heterocycles. The van der Waals surface area contributed by atoms with Crippen LogP contribution in [0.5, 0.6) is 0 Å². The predicted molar refractivity (Wildman–Crippen MR) is 100 cm³/mol. The van der Waals surface area contributed by atoms with Crippen molar-refractivity contribution in [2.24, 2.45) is 0 Å².